The largest absolute Gasteiger partial charge is 1.00 e. The van der Waals surface area contributed by atoms with Crippen LogP contribution < -0.4 is 29.6 Å². The molecule has 0 aromatic heterocycles. The molecule has 0 amide bonds. The van der Waals surface area contributed by atoms with Crippen LogP contribution in [-0.2, 0) is 0 Å². The molecule has 0 radical (unpaired) electrons. The molecule has 0 unspecified atom stereocenters. The van der Waals surface area contributed by atoms with E-state index in [1.165, 1.54) is 56.9 Å². The maximum Gasteiger partial charge on any atom is 1.00 e. The maximum absolute atomic E-state index is 2.35. The van der Waals surface area contributed by atoms with Crippen LogP contribution in [0.5, 0.6) is 0 Å². The van der Waals surface area contributed by atoms with Gasteiger partial charge in [0, 0.05) is 0 Å². The topological polar surface area (TPSA) is 0 Å². The van der Waals surface area contributed by atoms with E-state index in [1.807, 2.05) is 0 Å². The van der Waals surface area contributed by atoms with Crippen LogP contribution in [0.25, 0.3) is 0 Å². The van der Waals surface area contributed by atoms with E-state index in [1.54, 1.807) is 0 Å². The molecule has 1 heteroatoms. The third-order valence-corrected chi connectivity index (χ3v) is 2.99. The van der Waals surface area contributed by atoms with E-state index in [0.717, 1.165) is 0 Å². The van der Waals surface area contributed by atoms with Gasteiger partial charge in [0.15, 0.2) is 0 Å². The van der Waals surface area contributed by atoms with Crippen LogP contribution in [0, 0.1) is 6.42 Å². The van der Waals surface area contributed by atoms with Gasteiger partial charge in [-0.2, -0.15) is 24.1 Å². The Balaban J connectivity index is 0.00000256. The fourth-order valence-electron chi connectivity index (χ4n) is 1.96. The first kappa shape index (κ1) is 17.1. The summed E-state index contributed by atoms with van der Waals surface area (Å²) in [5.74, 6) is 0. The van der Waals surface area contributed by atoms with Gasteiger partial charge in [0.05, 0.1) is 0 Å². The summed E-state index contributed by atoms with van der Waals surface area (Å²) in [6, 6.07) is 10.7. The van der Waals surface area contributed by atoms with Gasteiger partial charge in [-0.1, -0.05) is 64.4 Å². The van der Waals surface area contributed by atoms with Gasteiger partial charge in [-0.15, -0.1) is 12.1 Å². The Morgan fingerprint density at radius 1 is 0.824 bits per heavy atom. The molecule has 0 N–H and O–H groups in total. The van der Waals surface area contributed by atoms with Crippen LogP contribution in [0.3, 0.4) is 0 Å². The fraction of sp³-hybridized carbons (Fsp3) is 0.562. The third kappa shape index (κ3) is 9.76. The molecule has 0 saturated carbocycles. The van der Waals surface area contributed by atoms with Crippen molar-refractivity contribution in [3.8, 4) is 0 Å². The van der Waals surface area contributed by atoms with Crippen LogP contribution >= 0.6 is 0 Å². The summed E-state index contributed by atoms with van der Waals surface area (Å²) in [7, 11) is 0. The maximum atomic E-state index is 2.35. The minimum atomic E-state index is 0. The molecule has 0 saturated heterocycles. The van der Waals surface area contributed by atoms with E-state index >= 15 is 0 Å². The smallest absolute Gasteiger partial charge is 0.192 e. The van der Waals surface area contributed by atoms with Crippen molar-refractivity contribution in [1.82, 2.24) is 0 Å². The summed E-state index contributed by atoms with van der Waals surface area (Å²) in [6.07, 6.45) is 13.4. The van der Waals surface area contributed by atoms with E-state index in [4.69, 9.17) is 0 Å². The van der Waals surface area contributed by atoms with Gasteiger partial charge < -0.3 is 0 Å². The molecule has 0 spiro atoms. The quantitative estimate of drug-likeness (QED) is 0.353. The Morgan fingerprint density at radius 2 is 1.41 bits per heavy atom. The molecule has 0 nitrogen and oxygen atoms in total. The van der Waals surface area contributed by atoms with Crippen LogP contribution in [-0.4, -0.2) is 0 Å². The molecule has 90 valence electrons. The van der Waals surface area contributed by atoms with Crippen LogP contribution in [0.15, 0.2) is 30.3 Å². The molecule has 0 aliphatic carbocycles. The summed E-state index contributed by atoms with van der Waals surface area (Å²) in [4.78, 5) is 0. The van der Waals surface area contributed by atoms with E-state index in [-0.39, 0.29) is 29.6 Å². The summed E-state index contributed by atoms with van der Waals surface area (Å²) in [5.41, 5.74) is 1.37. The van der Waals surface area contributed by atoms with Crippen molar-refractivity contribution in [1.29, 1.82) is 0 Å². The molecule has 1 rings (SSSR count). The minimum absolute atomic E-state index is 0. The average Bonchev–Trinajstić information content (AvgIpc) is 2.34. The number of hydrogen-bond acceptors (Lipinski definition) is 0. The molecule has 0 fully saturated rings. The summed E-state index contributed by atoms with van der Waals surface area (Å²) in [6.45, 7) is 2.27. The molecule has 1 aromatic rings. The minimum Gasteiger partial charge on any atom is -0.192 e. The standard InChI is InChI=1S/C16H25.Na/c1-2-3-4-5-6-7-8-10-13-16-14-11-9-12-15-16;/h9,11-15H,2-8,10H2,1H3;/q-1;+1. The van der Waals surface area contributed by atoms with Gasteiger partial charge in [0.2, 0.25) is 0 Å². The zero-order chi connectivity index (χ0) is 11.5. The van der Waals surface area contributed by atoms with Crippen LogP contribution in [0.4, 0.5) is 0 Å². The number of hydrogen-bond donors (Lipinski definition) is 0. The fourth-order valence-corrected chi connectivity index (χ4v) is 1.96. The second-order valence-electron chi connectivity index (χ2n) is 4.52. The van der Waals surface area contributed by atoms with Gasteiger partial charge in [-0.05, 0) is 0 Å². The molecule has 1 aromatic carbocycles. The number of unbranched alkanes of at least 4 members (excludes halogenated alkanes) is 7. The number of rotatable bonds is 9. The molecule has 17 heavy (non-hydrogen) atoms. The van der Waals surface area contributed by atoms with Gasteiger partial charge in [-0.3, -0.25) is 0 Å². The monoisotopic (exact) mass is 240 g/mol. The second kappa shape index (κ2) is 12.5. The van der Waals surface area contributed by atoms with Crippen molar-refractivity contribution in [3.63, 3.8) is 0 Å². The van der Waals surface area contributed by atoms with Crippen molar-refractivity contribution in [2.24, 2.45) is 0 Å². The van der Waals surface area contributed by atoms with E-state index in [9.17, 15) is 0 Å². The molecule has 0 aliphatic rings. The van der Waals surface area contributed by atoms with Gasteiger partial charge in [0.25, 0.3) is 0 Å². The predicted molar refractivity (Wildman–Crippen MR) is 72.5 cm³/mol. The zero-order valence-corrected chi connectivity index (χ0v) is 13.6. The molecule has 0 heterocycles. The van der Waals surface area contributed by atoms with Crippen LogP contribution in [0.2, 0.25) is 0 Å². The Hall–Kier alpha value is 0.0900. The molecular formula is C16H25Na. The van der Waals surface area contributed by atoms with E-state index in [2.05, 4.69) is 43.7 Å². The van der Waals surface area contributed by atoms with Crippen molar-refractivity contribution in [2.75, 3.05) is 0 Å². The van der Waals surface area contributed by atoms with E-state index in [0.29, 0.717) is 0 Å². The Morgan fingerprint density at radius 3 is 2.06 bits per heavy atom. The summed E-state index contributed by atoms with van der Waals surface area (Å²) in [5, 5.41) is 0. The summed E-state index contributed by atoms with van der Waals surface area (Å²) >= 11 is 0. The molecule has 0 atom stereocenters. The van der Waals surface area contributed by atoms with Gasteiger partial charge in [0.1, 0.15) is 0 Å². The molecule has 0 bridgehead atoms. The van der Waals surface area contributed by atoms with Crippen molar-refractivity contribution < 1.29 is 29.6 Å². The second-order valence-corrected chi connectivity index (χ2v) is 4.52. The average molecular weight is 240 g/mol. The van der Waals surface area contributed by atoms with Crippen molar-refractivity contribution in [2.45, 2.75) is 58.3 Å². The first-order chi connectivity index (χ1) is 7.93. The van der Waals surface area contributed by atoms with Crippen molar-refractivity contribution in [3.05, 3.63) is 42.3 Å². The zero-order valence-electron chi connectivity index (χ0n) is 11.6. The Kier molecular flexibility index (Phi) is 12.6. The first-order valence-electron chi connectivity index (χ1n) is 6.81. The molecular weight excluding hydrogens is 215 g/mol. The SMILES string of the molecule is CCCCCCCCC[CH-]c1ccccc1.[Na+]. The normalized spacial score (nSPS) is 9.71. The first-order valence-corrected chi connectivity index (χ1v) is 6.81. The third-order valence-electron chi connectivity index (χ3n) is 2.99. The Bertz CT molecular complexity index is 243. The van der Waals surface area contributed by atoms with Gasteiger partial charge >= 0.3 is 29.6 Å². The van der Waals surface area contributed by atoms with E-state index < -0.39 is 0 Å². The molecule has 0 aliphatic heterocycles. The Labute approximate surface area is 129 Å². The van der Waals surface area contributed by atoms with Crippen LogP contribution in [0.1, 0.15) is 63.9 Å². The number of benzene rings is 1. The van der Waals surface area contributed by atoms with Gasteiger partial charge in [-0.25, -0.2) is 0 Å². The van der Waals surface area contributed by atoms with Crippen molar-refractivity contribution >= 4 is 0 Å². The predicted octanol–water partition coefficient (Wildman–Crippen LogP) is 2.38. The summed E-state index contributed by atoms with van der Waals surface area (Å²) < 4.78 is 0.